The number of anilines is 2. The molecule has 1 atom stereocenters. The van der Waals surface area contributed by atoms with Crippen LogP contribution in [0.3, 0.4) is 0 Å². The second-order valence-electron chi connectivity index (χ2n) is 6.68. The van der Waals surface area contributed by atoms with Crippen LogP contribution in [0.4, 0.5) is 11.5 Å². The zero-order valence-corrected chi connectivity index (χ0v) is 16.1. The van der Waals surface area contributed by atoms with Gasteiger partial charge in [0.15, 0.2) is 0 Å². The predicted octanol–water partition coefficient (Wildman–Crippen LogP) is 4.40. The van der Waals surface area contributed by atoms with Gasteiger partial charge in [-0.25, -0.2) is 0 Å². The molecule has 142 valence electrons. The number of rotatable bonds is 8. The molecule has 5 N–H and O–H groups in total. The molecule has 27 heavy (non-hydrogen) atoms. The number of hydrogen-bond acceptors (Lipinski definition) is 5. The highest BCUT2D eigenvalue weighted by Crippen LogP contribution is 2.27. The summed E-state index contributed by atoms with van der Waals surface area (Å²) in [6.07, 6.45) is 13.4. The van der Waals surface area contributed by atoms with E-state index in [2.05, 4.69) is 58.1 Å². The summed E-state index contributed by atoms with van der Waals surface area (Å²) >= 11 is 0. The van der Waals surface area contributed by atoms with Crippen molar-refractivity contribution < 1.29 is 0 Å². The first-order valence-corrected chi connectivity index (χ1v) is 9.46. The van der Waals surface area contributed by atoms with E-state index in [1.807, 2.05) is 19.2 Å². The summed E-state index contributed by atoms with van der Waals surface area (Å²) in [4.78, 5) is 7.84. The number of fused-ring (bicyclic) bond motifs is 1. The Bertz CT molecular complexity index is 844. The molecule has 6 nitrogen and oxygen atoms in total. The lowest BCUT2D eigenvalue weighted by molar-refractivity contribution is 0.643. The normalized spacial score (nSPS) is 16.0. The summed E-state index contributed by atoms with van der Waals surface area (Å²) in [5.41, 5.74) is 4.88. The Kier molecular flexibility index (Phi) is 5.96. The molecule has 3 heterocycles. The van der Waals surface area contributed by atoms with Crippen LogP contribution in [0.25, 0.3) is 11.6 Å². The molecular weight excluding hydrogens is 336 g/mol. The summed E-state index contributed by atoms with van der Waals surface area (Å²) in [6, 6.07) is 4.22. The molecule has 3 rings (SSSR count). The van der Waals surface area contributed by atoms with Crippen molar-refractivity contribution in [2.75, 3.05) is 17.7 Å². The topological polar surface area (TPSA) is 88.6 Å². The summed E-state index contributed by atoms with van der Waals surface area (Å²) in [5.74, 6) is 1.60. The van der Waals surface area contributed by atoms with Crippen LogP contribution >= 0.6 is 0 Å². The van der Waals surface area contributed by atoms with Gasteiger partial charge in [0.05, 0.1) is 11.4 Å². The van der Waals surface area contributed by atoms with E-state index in [0.717, 1.165) is 41.2 Å². The number of hydrogen-bond donors (Lipinski definition) is 5. The van der Waals surface area contributed by atoms with Crippen molar-refractivity contribution in [3.8, 4) is 0 Å². The SMILES string of the molecule is CCC(CC)c1c[nH]c(NC2C=Cc3ncc(/C(C=N)=C/NC)cc3N2)c1. The van der Waals surface area contributed by atoms with Crippen LogP contribution in [0.5, 0.6) is 0 Å². The van der Waals surface area contributed by atoms with Gasteiger partial charge in [-0.05, 0) is 48.6 Å². The van der Waals surface area contributed by atoms with Crippen molar-refractivity contribution in [1.82, 2.24) is 15.3 Å². The number of allylic oxidation sites excluding steroid dienone is 1. The third-order valence-corrected chi connectivity index (χ3v) is 4.94. The third-order valence-electron chi connectivity index (χ3n) is 4.94. The number of H-pyrrole nitrogens is 1. The largest absolute Gasteiger partial charge is 0.393 e. The Morgan fingerprint density at radius 2 is 2.15 bits per heavy atom. The molecular formula is C21H28N6. The van der Waals surface area contributed by atoms with Crippen LogP contribution in [-0.4, -0.2) is 29.4 Å². The van der Waals surface area contributed by atoms with Gasteiger partial charge < -0.3 is 26.3 Å². The van der Waals surface area contributed by atoms with E-state index in [1.54, 1.807) is 12.4 Å². The minimum atomic E-state index is -0.0283. The minimum Gasteiger partial charge on any atom is -0.393 e. The summed E-state index contributed by atoms with van der Waals surface area (Å²) in [7, 11) is 1.82. The van der Waals surface area contributed by atoms with E-state index in [-0.39, 0.29) is 6.17 Å². The first kappa shape index (κ1) is 18.8. The van der Waals surface area contributed by atoms with Crippen molar-refractivity contribution >= 4 is 29.4 Å². The van der Waals surface area contributed by atoms with Crippen molar-refractivity contribution in [2.24, 2.45) is 0 Å². The third kappa shape index (κ3) is 4.22. The Balaban J connectivity index is 1.74. The van der Waals surface area contributed by atoms with E-state index >= 15 is 0 Å². The number of pyridine rings is 1. The Morgan fingerprint density at radius 1 is 1.33 bits per heavy atom. The molecule has 2 aromatic rings. The van der Waals surface area contributed by atoms with Gasteiger partial charge >= 0.3 is 0 Å². The van der Waals surface area contributed by atoms with Gasteiger partial charge in [-0.15, -0.1) is 0 Å². The van der Waals surface area contributed by atoms with Gasteiger partial charge in [0.25, 0.3) is 0 Å². The maximum absolute atomic E-state index is 7.59. The number of nitrogens with one attached hydrogen (secondary N) is 5. The summed E-state index contributed by atoms with van der Waals surface area (Å²) in [6.45, 7) is 4.46. The van der Waals surface area contributed by atoms with Crippen LogP contribution in [0, 0.1) is 5.41 Å². The molecule has 0 aliphatic carbocycles. The second-order valence-corrected chi connectivity index (χ2v) is 6.68. The van der Waals surface area contributed by atoms with Crippen LogP contribution in [0.15, 0.2) is 36.8 Å². The molecule has 0 amide bonds. The van der Waals surface area contributed by atoms with Gasteiger partial charge in [-0.1, -0.05) is 13.8 Å². The van der Waals surface area contributed by atoms with Crippen molar-refractivity contribution in [3.63, 3.8) is 0 Å². The molecule has 0 spiro atoms. The summed E-state index contributed by atoms with van der Waals surface area (Å²) < 4.78 is 0. The molecule has 0 saturated carbocycles. The minimum absolute atomic E-state index is 0.0283. The fraction of sp³-hybridized carbons (Fsp3) is 0.333. The Hall–Kier alpha value is -3.02. The van der Waals surface area contributed by atoms with Crippen LogP contribution in [0.1, 0.15) is 49.4 Å². The zero-order valence-electron chi connectivity index (χ0n) is 16.1. The molecule has 1 aliphatic rings. The van der Waals surface area contributed by atoms with Crippen molar-refractivity contribution in [1.29, 1.82) is 5.41 Å². The van der Waals surface area contributed by atoms with Crippen LogP contribution < -0.4 is 16.0 Å². The average molecular weight is 364 g/mol. The molecule has 0 fully saturated rings. The molecule has 0 bridgehead atoms. The quantitative estimate of drug-likeness (QED) is 0.449. The van der Waals surface area contributed by atoms with E-state index in [0.29, 0.717) is 5.92 Å². The van der Waals surface area contributed by atoms with Crippen LogP contribution in [-0.2, 0) is 0 Å². The molecule has 1 unspecified atom stereocenters. The highest BCUT2D eigenvalue weighted by molar-refractivity contribution is 6.08. The Morgan fingerprint density at radius 3 is 2.85 bits per heavy atom. The molecule has 2 aromatic heterocycles. The van der Waals surface area contributed by atoms with Gasteiger partial charge in [-0.2, -0.15) is 0 Å². The predicted molar refractivity (Wildman–Crippen MR) is 114 cm³/mol. The Labute approximate surface area is 160 Å². The van der Waals surface area contributed by atoms with Gasteiger partial charge in [0.2, 0.25) is 0 Å². The lowest BCUT2D eigenvalue weighted by Gasteiger charge is -2.23. The number of nitrogens with zero attached hydrogens (tertiary/aromatic N) is 1. The maximum Gasteiger partial charge on any atom is 0.117 e. The molecule has 6 heteroatoms. The highest BCUT2D eigenvalue weighted by Gasteiger charge is 2.16. The molecule has 0 saturated heterocycles. The van der Waals surface area contributed by atoms with Gasteiger partial charge in [0, 0.05) is 43.0 Å². The van der Waals surface area contributed by atoms with Crippen molar-refractivity contribution in [2.45, 2.75) is 38.8 Å². The van der Waals surface area contributed by atoms with E-state index in [1.165, 1.54) is 11.8 Å². The average Bonchev–Trinajstić information content (AvgIpc) is 3.14. The zero-order chi connectivity index (χ0) is 19.2. The molecule has 1 aliphatic heterocycles. The fourth-order valence-electron chi connectivity index (χ4n) is 3.39. The van der Waals surface area contributed by atoms with Gasteiger partial charge in [0.1, 0.15) is 12.0 Å². The lowest BCUT2D eigenvalue weighted by atomic mass is 9.97. The van der Waals surface area contributed by atoms with E-state index in [4.69, 9.17) is 5.41 Å². The monoisotopic (exact) mass is 364 g/mol. The first-order valence-electron chi connectivity index (χ1n) is 9.46. The van der Waals surface area contributed by atoms with E-state index < -0.39 is 0 Å². The lowest BCUT2D eigenvalue weighted by Crippen LogP contribution is -2.29. The second kappa shape index (κ2) is 8.58. The van der Waals surface area contributed by atoms with E-state index in [9.17, 15) is 0 Å². The fourth-order valence-corrected chi connectivity index (χ4v) is 3.39. The van der Waals surface area contributed by atoms with Crippen LogP contribution in [0.2, 0.25) is 0 Å². The van der Waals surface area contributed by atoms with Gasteiger partial charge in [-0.3, -0.25) is 4.98 Å². The van der Waals surface area contributed by atoms with Crippen molar-refractivity contribution in [3.05, 3.63) is 53.6 Å². The molecule has 0 radical (unpaired) electrons. The first-order chi connectivity index (χ1) is 13.2. The number of aromatic amines is 1. The smallest absolute Gasteiger partial charge is 0.117 e. The summed E-state index contributed by atoms with van der Waals surface area (Å²) in [5, 5.41) is 17.5. The maximum atomic E-state index is 7.59. The number of aromatic nitrogens is 2. The standard InChI is InChI=1S/C21H28N6/c1-4-14(5-2)16-9-21(25-13-16)27-20-7-6-18-19(26-20)8-15(12-24-18)17(10-22)11-23-3/h6-14,20,22-23,25-27H,4-5H2,1-3H3/b17-11+,22-10?. The molecule has 0 aromatic carbocycles. The highest BCUT2D eigenvalue weighted by atomic mass is 15.2.